The van der Waals surface area contributed by atoms with E-state index in [-0.39, 0.29) is 16.7 Å². The van der Waals surface area contributed by atoms with Crippen LogP contribution in [-0.2, 0) is 19.7 Å². The third-order valence-corrected chi connectivity index (χ3v) is 7.52. The van der Waals surface area contributed by atoms with Crippen molar-refractivity contribution in [1.29, 1.82) is 0 Å². The Kier molecular flexibility index (Phi) is 11.4. The lowest BCUT2D eigenvalue weighted by atomic mass is 10.1. The molecule has 2 heterocycles. The Morgan fingerprint density at radius 3 is 1.90 bits per heavy atom. The number of likely N-dealkylation sites (tertiary alicyclic amines) is 1. The molecular formula is C28H37N3O8S. The molecule has 2 aromatic carbocycles. The molecular weight excluding hydrogens is 538 g/mol. The highest BCUT2D eigenvalue weighted by Gasteiger charge is 2.24. The molecule has 0 spiro atoms. The zero-order valence-corrected chi connectivity index (χ0v) is 23.9. The van der Waals surface area contributed by atoms with Gasteiger partial charge in [0, 0.05) is 45.3 Å². The highest BCUT2D eigenvalue weighted by molar-refractivity contribution is 7.85. The van der Waals surface area contributed by atoms with Gasteiger partial charge in [-0.15, -0.1) is 0 Å². The zero-order valence-electron chi connectivity index (χ0n) is 23.1. The van der Waals surface area contributed by atoms with E-state index in [0.717, 1.165) is 31.5 Å². The highest BCUT2D eigenvalue weighted by atomic mass is 32.2. The highest BCUT2D eigenvalue weighted by Crippen LogP contribution is 2.38. The van der Waals surface area contributed by atoms with Gasteiger partial charge in [0.05, 0.1) is 32.8 Å². The van der Waals surface area contributed by atoms with Crippen LogP contribution in [0.1, 0.15) is 18.4 Å². The maximum atomic E-state index is 12.6. The van der Waals surface area contributed by atoms with Gasteiger partial charge in [0.2, 0.25) is 17.6 Å². The quantitative estimate of drug-likeness (QED) is 0.373. The van der Waals surface area contributed by atoms with E-state index in [1.807, 2.05) is 9.80 Å². The lowest BCUT2D eigenvalue weighted by Crippen LogP contribution is -2.51. The number of benzene rings is 2. The maximum absolute atomic E-state index is 12.6. The number of carbonyl (C=O) groups is 2. The van der Waals surface area contributed by atoms with Crippen LogP contribution >= 0.6 is 0 Å². The molecule has 2 aromatic rings. The van der Waals surface area contributed by atoms with E-state index in [1.165, 1.54) is 12.1 Å². The van der Waals surface area contributed by atoms with Crippen LogP contribution in [0.2, 0.25) is 0 Å². The second-order valence-corrected chi connectivity index (χ2v) is 10.7. The Morgan fingerprint density at radius 2 is 1.43 bits per heavy atom. The molecule has 2 aliphatic rings. The van der Waals surface area contributed by atoms with Crippen LogP contribution in [0.4, 0.5) is 0 Å². The first-order valence-electron chi connectivity index (χ1n) is 13.0. The molecule has 0 aromatic heterocycles. The van der Waals surface area contributed by atoms with Crippen molar-refractivity contribution in [3.05, 3.63) is 54.1 Å². The lowest BCUT2D eigenvalue weighted by molar-refractivity contribution is -0.132. The van der Waals surface area contributed by atoms with Gasteiger partial charge < -0.3 is 24.0 Å². The SMILES string of the molecule is COc1cc(/C=C/C(=O)N2CCN(CC(=O)N3CCCC3)CC2)cc(OC)c1OC.O=S(=O)(O)c1ccccc1. The van der Waals surface area contributed by atoms with Crippen LogP contribution in [0.25, 0.3) is 6.08 Å². The minimum Gasteiger partial charge on any atom is -0.493 e. The number of amides is 2. The molecule has 11 nitrogen and oxygen atoms in total. The first-order chi connectivity index (χ1) is 19.2. The van der Waals surface area contributed by atoms with E-state index in [2.05, 4.69) is 4.90 Å². The predicted octanol–water partition coefficient (Wildman–Crippen LogP) is 2.43. The second-order valence-electron chi connectivity index (χ2n) is 9.27. The van der Waals surface area contributed by atoms with E-state index in [9.17, 15) is 18.0 Å². The van der Waals surface area contributed by atoms with Gasteiger partial charge in [-0.3, -0.25) is 19.0 Å². The van der Waals surface area contributed by atoms with E-state index < -0.39 is 10.1 Å². The summed E-state index contributed by atoms with van der Waals surface area (Å²) in [5.41, 5.74) is 0.785. The second kappa shape index (κ2) is 14.7. The van der Waals surface area contributed by atoms with Gasteiger partial charge >= 0.3 is 0 Å². The van der Waals surface area contributed by atoms with Gasteiger partial charge in [0.15, 0.2) is 11.5 Å². The molecule has 0 bridgehead atoms. The topological polar surface area (TPSA) is 126 Å². The van der Waals surface area contributed by atoms with Gasteiger partial charge in [-0.1, -0.05) is 18.2 Å². The standard InChI is InChI=1S/C22H31N3O5.C6H6O3S/c1-28-18-14-17(15-19(29-2)22(18)30-3)6-7-20(26)25-12-10-23(11-13-25)16-21(27)24-8-4-5-9-24;7-10(8,9)6-4-2-1-3-5-6/h6-7,14-15H,4-5,8-13,16H2,1-3H3;1-5H,(H,7,8,9)/b7-6+;. The Morgan fingerprint density at radius 1 is 0.850 bits per heavy atom. The van der Waals surface area contributed by atoms with Crippen molar-refractivity contribution in [2.24, 2.45) is 0 Å². The number of ether oxygens (including phenoxy) is 3. The van der Waals surface area contributed by atoms with Crippen LogP contribution in [0.3, 0.4) is 0 Å². The van der Waals surface area contributed by atoms with E-state index in [0.29, 0.717) is 50.0 Å². The van der Waals surface area contributed by atoms with Gasteiger partial charge in [-0.2, -0.15) is 8.42 Å². The number of rotatable bonds is 8. The molecule has 2 amide bonds. The molecule has 12 heteroatoms. The van der Waals surface area contributed by atoms with E-state index >= 15 is 0 Å². The minimum absolute atomic E-state index is 0.0470. The number of nitrogens with zero attached hydrogens (tertiary/aromatic N) is 3. The Labute approximate surface area is 235 Å². The first-order valence-corrected chi connectivity index (χ1v) is 14.4. The van der Waals surface area contributed by atoms with E-state index in [1.54, 1.807) is 63.8 Å². The average molecular weight is 576 g/mol. The molecule has 1 N–H and O–H groups in total. The summed E-state index contributed by atoms with van der Waals surface area (Å²) in [6.45, 7) is 4.86. The lowest BCUT2D eigenvalue weighted by Gasteiger charge is -2.34. The molecule has 0 saturated carbocycles. The summed E-state index contributed by atoms with van der Waals surface area (Å²) in [5.74, 6) is 1.76. The van der Waals surface area contributed by atoms with Crippen molar-refractivity contribution >= 4 is 28.0 Å². The van der Waals surface area contributed by atoms with Crippen LogP contribution in [0.15, 0.2) is 53.4 Å². The summed E-state index contributed by atoms with van der Waals surface area (Å²) in [7, 11) is 0.669. The van der Waals surface area contributed by atoms with Gasteiger partial charge in [-0.25, -0.2) is 0 Å². The molecule has 2 aliphatic heterocycles. The fourth-order valence-corrected chi connectivity index (χ4v) is 4.95. The van der Waals surface area contributed by atoms with Crippen LogP contribution in [0.5, 0.6) is 17.2 Å². The van der Waals surface area contributed by atoms with Crippen molar-refractivity contribution in [1.82, 2.24) is 14.7 Å². The van der Waals surface area contributed by atoms with Crippen molar-refractivity contribution < 1.29 is 36.8 Å². The first kappa shape index (κ1) is 30.9. The molecule has 0 radical (unpaired) electrons. The largest absolute Gasteiger partial charge is 0.493 e. The number of piperazine rings is 1. The molecule has 4 rings (SSSR count). The molecule has 2 saturated heterocycles. The Bertz CT molecular complexity index is 1240. The Hall–Kier alpha value is -3.61. The predicted molar refractivity (Wildman–Crippen MR) is 150 cm³/mol. The fraction of sp³-hybridized carbons (Fsp3) is 0.429. The van der Waals surface area contributed by atoms with Gasteiger partial charge in [0.25, 0.3) is 10.1 Å². The summed E-state index contributed by atoms with van der Waals surface area (Å²) < 4.78 is 45.3. The third-order valence-electron chi connectivity index (χ3n) is 6.65. The number of methoxy groups -OCH3 is 3. The molecule has 2 fully saturated rings. The van der Waals surface area contributed by atoms with Crippen molar-refractivity contribution in [3.63, 3.8) is 0 Å². The molecule has 0 aliphatic carbocycles. The maximum Gasteiger partial charge on any atom is 0.294 e. The van der Waals surface area contributed by atoms with Crippen LogP contribution in [-0.4, -0.2) is 107 Å². The Balaban J connectivity index is 0.000000371. The molecule has 40 heavy (non-hydrogen) atoms. The smallest absolute Gasteiger partial charge is 0.294 e. The number of carbonyl (C=O) groups excluding carboxylic acids is 2. The minimum atomic E-state index is -4.00. The summed E-state index contributed by atoms with van der Waals surface area (Å²) in [5, 5.41) is 0. The average Bonchev–Trinajstić information content (AvgIpc) is 3.51. The third kappa shape index (κ3) is 8.70. The van der Waals surface area contributed by atoms with Crippen molar-refractivity contribution in [2.75, 3.05) is 67.1 Å². The monoisotopic (exact) mass is 575 g/mol. The number of hydrogen-bond donors (Lipinski definition) is 1. The van der Waals surface area contributed by atoms with Crippen LogP contribution in [0, 0.1) is 0 Å². The number of hydrogen-bond acceptors (Lipinski definition) is 8. The molecule has 0 atom stereocenters. The fourth-order valence-electron chi connectivity index (χ4n) is 4.45. The molecule has 218 valence electrons. The van der Waals surface area contributed by atoms with Gasteiger partial charge in [-0.05, 0) is 48.7 Å². The summed E-state index contributed by atoms with van der Waals surface area (Å²) in [4.78, 5) is 30.7. The summed E-state index contributed by atoms with van der Waals surface area (Å²) in [6.07, 6.45) is 5.51. The van der Waals surface area contributed by atoms with Crippen molar-refractivity contribution in [2.45, 2.75) is 17.7 Å². The summed E-state index contributed by atoms with van der Waals surface area (Å²) in [6, 6.07) is 11.0. The van der Waals surface area contributed by atoms with E-state index in [4.69, 9.17) is 18.8 Å². The van der Waals surface area contributed by atoms with Crippen LogP contribution < -0.4 is 14.2 Å². The zero-order chi connectivity index (χ0) is 29.1. The normalized spacial score (nSPS) is 15.9. The molecule has 0 unspecified atom stereocenters. The van der Waals surface area contributed by atoms with Crippen molar-refractivity contribution in [3.8, 4) is 17.2 Å². The summed E-state index contributed by atoms with van der Waals surface area (Å²) >= 11 is 0. The van der Waals surface area contributed by atoms with Gasteiger partial charge in [0.1, 0.15) is 0 Å².